The van der Waals surface area contributed by atoms with Crippen LogP contribution in [-0.2, 0) is 16.0 Å². The molecular formula is C17H25NO3. The van der Waals surface area contributed by atoms with Gasteiger partial charge in [-0.3, -0.25) is 4.79 Å². The number of amides is 1. The van der Waals surface area contributed by atoms with E-state index < -0.39 is 0 Å². The van der Waals surface area contributed by atoms with Gasteiger partial charge in [0.1, 0.15) is 5.75 Å². The Bertz CT molecular complexity index is 441. The second-order valence-electron chi connectivity index (χ2n) is 5.41. The molecule has 1 aromatic rings. The molecule has 1 aliphatic heterocycles. The first-order valence-electron chi connectivity index (χ1n) is 7.87. The van der Waals surface area contributed by atoms with Crippen molar-refractivity contribution < 1.29 is 14.3 Å². The van der Waals surface area contributed by atoms with Crippen molar-refractivity contribution in [1.82, 2.24) is 5.32 Å². The third-order valence-electron chi connectivity index (χ3n) is 3.66. The standard InChI is InChI=1S/C17H25NO3/c1-2-11-21-16-8-4-3-6-14(16)7-5-10-18-17(19)15-9-12-20-13-15/h3-4,6,8,15H,2,5,7,9-13H2,1H3,(H,18,19)/t15-/m0/s1. The fraction of sp³-hybridized carbons (Fsp3) is 0.588. The largest absolute Gasteiger partial charge is 0.493 e. The third kappa shape index (κ3) is 5.05. The summed E-state index contributed by atoms with van der Waals surface area (Å²) in [5.74, 6) is 1.14. The van der Waals surface area contributed by atoms with E-state index in [1.165, 1.54) is 5.56 Å². The minimum atomic E-state index is 0.0465. The zero-order valence-electron chi connectivity index (χ0n) is 12.8. The summed E-state index contributed by atoms with van der Waals surface area (Å²) in [5, 5.41) is 3.00. The van der Waals surface area contributed by atoms with Gasteiger partial charge in [0.05, 0.1) is 19.1 Å². The summed E-state index contributed by atoms with van der Waals surface area (Å²) >= 11 is 0. The van der Waals surface area contributed by atoms with Crippen molar-refractivity contribution in [3.63, 3.8) is 0 Å². The topological polar surface area (TPSA) is 47.6 Å². The smallest absolute Gasteiger partial charge is 0.225 e. The van der Waals surface area contributed by atoms with Crippen molar-refractivity contribution in [2.45, 2.75) is 32.6 Å². The van der Waals surface area contributed by atoms with Gasteiger partial charge in [-0.2, -0.15) is 0 Å². The van der Waals surface area contributed by atoms with Gasteiger partial charge >= 0.3 is 0 Å². The summed E-state index contributed by atoms with van der Waals surface area (Å²) < 4.78 is 11.0. The van der Waals surface area contributed by atoms with Gasteiger partial charge in [-0.1, -0.05) is 25.1 Å². The van der Waals surface area contributed by atoms with Gasteiger partial charge in [0.25, 0.3) is 0 Å². The fourth-order valence-electron chi connectivity index (χ4n) is 2.44. The Kier molecular flexibility index (Phi) is 6.54. The third-order valence-corrected chi connectivity index (χ3v) is 3.66. The van der Waals surface area contributed by atoms with Gasteiger partial charge in [-0.05, 0) is 37.3 Å². The van der Waals surface area contributed by atoms with E-state index in [0.29, 0.717) is 19.8 Å². The molecular weight excluding hydrogens is 266 g/mol. The van der Waals surface area contributed by atoms with E-state index >= 15 is 0 Å². The van der Waals surface area contributed by atoms with Crippen molar-refractivity contribution in [3.8, 4) is 5.75 Å². The molecule has 0 aromatic heterocycles. The highest BCUT2D eigenvalue weighted by molar-refractivity contribution is 5.78. The molecule has 4 heteroatoms. The number of benzene rings is 1. The minimum absolute atomic E-state index is 0.0465. The number of para-hydroxylation sites is 1. The lowest BCUT2D eigenvalue weighted by Crippen LogP contribution is -2.31. The van der Waals surface area contributed by atoms with Gasteiger partial charge in [0, 0.05) is 13.2 Å². The molecule has 1 fully saturated rings. The summed E-state index contributed by atoms with van der Waals surface area (Å²) in [4.78, 5) is 11.8. The summed E-state index contributed by atoms with van der Waals surface area (Å²) in [6.45, 7) is 4.83. The van der Waals surface area contributed by atoms with Gasteiger partial charge in [0.2, 0.25) is 5.91 Å². The second kappa shape index (κ2) is 8.67. The van der Waals surface area contributed by atoms with Crippen LogP contribution in [0.1, 0.15) is 31.7 Å². The van der Waals surface area contributed by atoms with Crippen LogP contribution in [-0.4, -0.2) is 32.3 Å². The molecule has 1 amide bonds. The van der Waals surface area contributed by atoms with E-state index in [2.05, 4.69) is 18.3 Å². The number of aryl methyl sites for hydroxylation is 1. The van der Waals surface area contributed by atoms with Crippen molar-refractivity contribution in [3.05, 3.63) is 29.8 Å². The molecule has 4 nitrogen and oxygen atoms in total. The lowest BCUT2D eigenvalue weighted by atomic mass is 10.1. The first-order valence-corrected chi connectivity index (χ1v) is 7.87. The number of hydrogen-bond donors (Lipinski definition) is 1. The maximum absolute atomic E-state index is 11.8. The lowest BCUT2D eigenvalue weighted by molar-refractivity contribution is -0.124. The van der Waals surface area contributed by atoms with Gasteiger partial charge < -0.3 is 14.8 Å². The van der Waals surface area contributed by atoms with Crippen molar-refractivity contribution in [1.29, 1.82) is 0 Å². The van der Waals surface area contributed by atoms with E-state index in [9.17, 15) is 4.79 Å². The Morgan fingerprint density at radius 3 is 3.05 bits per heavy atom. The molecule has 0 saturated carbocycles. The van der Waals surface area contributed by atoms with Gasteiger partial charge in [-0.15, -0.1) is 0 Å². The van der Waals surface area contributed by atoms with Crippen LogP contribution < -0.4 is 10.1 Å². The van der Waals surface area contributed by atoms with E-state index in [1.807, 2.05) is 18.2 Å². The Morgan fingerprint density at radius 2 is 2.29 bits per heavy atom. The first-order chi connectivity index (χ1) is 10.3. The predicted octanol–water partition coefficient (Wildman–Crippen LogP) is 2.56. The molecule has 0 radical (unpaired) electrons. The van der Waals surface area contributed by atoms with Gasteiger partial charge in [-0.25, -0.2) is 0 Å². The van der Waals surface area contributed by atoms with Crippen molar-refractivity contribution >= 4 is 5.91 Å². The van der Waals surface area contributed by atoms with Crippen LogP contribution in [0, 0.1) is 5.92 Å². The van der Waals surface area contributed by atoms with Crippen LogP contribution in [0.2, 0.25) is 0 Å². The predicted molar refractivity (Wildman–Crippen MR) is 82.5 cm³/mol. The molecule has 116 valence electrons. The molecule has 1 aliphatic rings. The number of rotatable bonds is 8. The molecule has 1 atom stereocenters. The average molecular weight is 291 g/mol. The molecule has 1 heterocycles. The molecule has 2 rings (SSSR count). The number of carbonyl (C=O) groups is 1. The van der Waals surface area contributed by atoms with Crippen LogP contribution in [0.5, 0.6) is 5.75 Å². The summed E-state index contributed by atoms with van der Waals surface area (Å²) in [6.07, 6.45) is 3.69. The molecule has 1 N–H and O–H groups in total. The monoisotopic (exact) mass is 291 g/mol. The Labute approximate surface area is 126 Å². The minimum Gasteiger partial charge on any atom is -0.493 e. The highest BCUT2D eigenvalue weighted by atomic mass is 16.5. The lowest BCUT2D eigenvalue weighted by Gasteiger charge is -2.12. The SMILES string of the molecule is CCCOc1ccccc1CCCNC(=O)[C@H]1CCOC1. The molecule has 1 aromatic carbocycles. The zero-order chi connectivity index (χ0) is 14.9. The summed E-state index contributed by atoms with van der Waals surface area (Å²) in [5.41, 5.74) is 1.21. The quantitative estimate of drug-likeness (QED) is 0.749. The first kappa shape index (κ1) is 15.8. The molecule has 0 bridgehead atoms. The number of carbonyl (C=O) groups excluding carboxylic acids is 1. The number of nitrogens with one attached hydrogen (secondary N) is 1. The van der Waals surface area contributed by atoms with Gasteiger partial charge in [0.15, 0.2) is 0 Å². The average Bonchev–Trinajstić information content (AvgIpc) is 3.04. The molecule has 21 heavy (non-hydrogen) atoms. The van der Waals surface area contributed by atoms with E-state index in [1.54, 1.807) is 0 Å². The zero-order valence-corrected chi connectivity index (χ0v) is 12.8. The highest BCUT2D eigenvalue weighted by Crippen LogP contribution is 2.19. The van der Waals surface area contributed by atoms with E-state index in [-0.39, 0.29) is 11.8 Å². The van der Waals surface area contributed by atoms with Crippen LogP contribution in [0.3, 0.4) is 0 Å². The second-order valence-corrected chi connectivity index (χ2v) is 5.41. The summed E-state index contributed by atoms with van der Waals surface area (Å²) in [6, 6.07) is 8.13. The molecule has 0 spiro atoms. The summed E-state index contributed by atoms with van der Waals surface area (Å²) in [7, 11) is 0. The molecule has 1 saturated heterocycles. The highest BCUT2D eigenvalue weighted by Gasteiger charge is 2.22. The fourth-order valence-corrected chi connectivity index (χ4v) is 2.44. The number of ether oxygens (including phenoxy) is 2. The Balaban J connectivity index is 1.71. The normalized spacial score (nSPS) is 17.7. The maximum Gasteiger partial charge on any atom is 0.225 e. The van der Waals surface area contributed by atoms with E-state index in [4.69, 9.17) is 9.47 Å². The maximum atomic E-state index is 11.8. The van der Waals surface area contributed by atoms with E-state index in [0.717, 1.165) is 38.0 Å². The molecule has 0 aliphatic carbocycles. The van der Waals surface area contributed by atoms with Crippen LogP contribution in [0.4, 0.5) is 0 Å². The Hall–Kier alpha value is -1.55. The Morgan fingerprint density at radius 1 is 1.43 bits per heavy atom. The van der Waals surface area contributed by atoms with Crippen molar-refractivity contribution in [2.75, 3.05) is 26.4 Å². The van der Waals surface area contributed by atoms with Crippen molar-refractivity contribution in [2.24, 2.45) is 5.92 Å². The molecule has 0 unspecified atom stereocenters. The van der Waals surface area contributed by atoms with Crippen LogP contribution in [0.15, 0.2) is 24.3 Å². The van der Waals surface area contributed by atoms with Crippen LogP contribution >= 0.6 is 0 Å². The number of hydrogen-bond acceptors (Lipinski definition) is 3. The van der Waals surface area contributed by atoms with Crippen LogP contribution in [0.25, 0.3) is 0 Å².